The van der Waals surface area contributed by atoms with Crippen molar-refractivity contribution in [1.29, 1.82) is 0 Å². The van der Waals surface area contributed by atoms with Crippen LogP contribution < -0.4 is 5.32 Å². The summed E-state index contributed by atoms with van der Waals surface area (Å²) in [4.78, 5) is 2.81. The molecular formula is C16H32N2O. The van der Waals surface area contributed by atoms with Crippen molar-refractivity contribution in [2.75, 3.05) is 19.8 Å². The normalized spacial score (nSPS) is 33.0. The van der Waals surface area contributed by atoms with Gasteiger partial charge in [0.05, 0.1) is 6.61 Å². The maximum absolute atomic E-state index is 5.75. The minimum atomic E-state index is 0.611. The van der Waals surface area contributed by atoms with Gasteiger partial charge in [-0.15, -0.1) is 0 Å². The van der Waals surface area contributed by atoms with E-state index in [1.807, 2.05) is 0 Å². The van der Waals surface area contributed by atoms with E-state index in [0.29, 0.717) is 12.0 Å². The monoisotopic (exact) mass is 268 g/mol. The molecule has 3 atom stereocenters. The lowest BCUT2D eigenvalue weighted by atomic mass is 9.92. The molecule has 2 saturated heterocycles. The van der Waals surface area contributed by atoms with Crippen molar-refractivity contribution in [2.24, 2.45) is 5.92 Å². The average molecular weight is 268 g/mol. The summed E-state index contributed by atoms with van der Waals surface area (Å²) >= 11 is 0. The quantitative estimate of drug-likeness (QED) is 0.768. The van der Waals surface area contributed by atoms with Crippen LogP contribution in [0.5, 0.6) is 0 Å². The summed E-state index contributed by atoms with van der Waals surface area (Å²) in [5.74, 6) is 0.685. The zero-order valence-electron chi connectivity index (χ0n) is 13.2. The largest absolute Gasteiger partial charge is 0.380 e. The van der Waals surface area contributed by atoms with Crippen LogP contribution in [0.4, 0.5) is 0 Å². The molecule has 19 heavy (non-hydrogen) atoms. The standard InChI is InChI=1S/C16H32N2O/c1-5-17-13-9-14-7-8-15(10-13)18(14)16(12(3)4)11-19-6-2/h12-17H,5-11H2,1-4H3. The molecule has 2 aliphatic heterocycles. The third-order valence-electron chi connectivity index (χ3n) is 4.93. The maximum Gasteiger partial charge on any atom is 0.0624 e. The number of hydrogen-bond donors (Lipinski definition) is 1. The van der Waals surface area contributed by atoms with Gasteiger partial charge < -0.3 is 10.1 Å². The molecule has 2 aliphatic rings. The molecule has 0 amide bonds. The van der Waals surface area contributed by atoms with Crippen molar-refractivity contribution in [3.8, 4) is 0 Å². The number of fused-ring (bicyclic) bond motifs is 2. The van der Waals surface area contributed by atoms with E-state index in [1.54, 1.807) is 0 Å². The fourth-order valence-electron chi connectivity index (χ4n) is 4.07. The number of nitrogens with one attached hydrogen (secondary N) is 1. The third-order valence-corrected chi connectivity index (χ3v) is 4.93. The van der Waals surface area contributed by atoms with Crippen molar-refractivity contribution >= 4 is 0 Å². The number of piperidine rings is 1. The number of ether oxygens (including phenoxy) is 1. The molecule has 2 rings (SSSR count). The van der Waals surface area contributed by atoms with Gasteiger partial charge in [-0.1, -0.05) is 20.8 Å². The van der Waals surface area contributed by atoms with E-state index in [0.717, 1.165) is 37.9 Å². The highest BCUT2D eigenvalue weighted by atomic mass is 16.5. The van der Waals surface area contributed by atoms with E-state index in [-0.39, 0.29) is 0 Å². The van der Waals surface area contributed by atoms with Gasteiger partial charge in [0.25, 0.3) is 0 Å². The summed E-state index contributed by atoms with van der Waals surface area (Å²) in [5.41, 5.74) is 0. The van der Waals surface area contributed by atoms with Crippen LogP contribution >= 0.6 is 0 Å². The van der Waals surface area contributed by atoms with Crippen LogP contribution in [0.15, 0.2) is 0 Å². The Kier molecular flexibility index (Phi) is 5.67. The molecule has 0 aliphatic carbocycles. The Balaban J connectivity index is 2.00. The van der Waals surface area contributed by atoms with E-state index in [2.05, 4.69) is 37.9 Å². The molecule has 1 N–H and O–H groups in total. The van der Waals surface area contributed by atoms with Crippen molar-refractivity contribution < 1.29 is 4.74 Å². The predicted molar refractivity (Wildman–Crippen MR) is 80.5 cm³/mol. The van der Waals surface area contributed by atoms with Crippen molar-refractivity contribution in [3.05, 3.63) is 0 Å². The van der Waals surface area contributed by atoms with Gasteiger partial charge in [-0.3, -0.25) is 4.90 Å². The lowest BCUT2D eigenvalue weighted by Crippen LogP contribution is -2.55. The predicted octanol–water partition coefficient (Wildman–Crippen LogP) is 2.65. The molecule has 112 valence electrons. The van der Waals surface area contributed by atoms with E-state index in [4.69, 9.17) is 4.74 Å². The first-order valence-corrected chi connectivity index (χ1v) is 8.25. The van der Waals surface area contributed by atoms with Crippen molar-refractivity contribution in [2.45, 2.75) is 77.5 Å². The first kappa shape index (κ1) is 15.3. The van der Waals surface area contributed by atoms with Crippen LogP contribution in [0.1, 0.15) is 53.4 Å². The molecule has 2 bridgehead atoms. The first-order valence-electron chi connectivity index (χ1n) is 8.25. The highest BCUT2D eigenvalue weighted by Gasteiger charge is 2.44. The topological polar surface area (TPSA) is 24.5 Å². The molecule has 0 spiro atoms. The zero-order valence-corrected chi connectivity index (χ0v) is 13.2. The second-order valence-electron chi connectivity index (χ2n) is 6.53. The zero-order chi connectivity index (χ0) is 13.8. The second-order valence-corrected chi connectivity index (χ2v) is 6.53. The van der Waals surface area contributed by atoms with E-state index in [1.165, 1.54) is 25.7 Å². The molecule has 3 nitrogen and oxygen atoms in total. The smallest absolute Gasteiger partial charge is 0.0624 e. The summed E-state index contributed by atoms with van der Waals surface area (Å²) in [6.45, 7) is 11.9. The lowest BCUT2D eigenvalue weighted by Gasteiger charge is -2.45. The molecule has 0 aromatic rings. The van der Waals surface area contributed by atoms with Gasteiger partial charge in [0.15, 0.2) is 0 Å². The Morgan fingerprint density at radius 1 is 1.16 bits per heavy atom. The molecular weight excluding hydrogens is 236 g/mol. The van der Waals surface area contributed by atoms with Crippen LogP contribution in [-0.2, 0) is 4.74 Å². The summed E-state index contributed by atoms with van der Waals surface area (Å²) in [6.07, 6.45) is 5.45. The Morgan fingerprint density at radius 3 is 2.26 bits per heavy atom. The molecule has 0 saturated carbocycles. The fourth-order valence-corrected chi connectivity index (χ4v) is 4.07. The van der Waals surface area contributed by atoms with Crippen molar-refractivity contribution in [1.82, 2.24) is 10.2 Å². The van der Waals surface area contributed by atoms with E-state index in [9.17, 15) is 0 Å². The van der Waals surface area contributed by atoms with Crippen LogP contribution in [-0.4, -0.2) is 48.8 Å². The fraction of sp³-hybridized carbons (Fsp3) is 1.00. The Bertz CT molecular complexity index is 255. The summed E-state index contributed by atoms with van der Waals surface area (Å²) in [6, 6.07) is 2.94. The number of hydrogen-bond acceptors (Lipinski definition) is 3. The first-order chi connectivity index (χ1) is 9.17. The van der Waals surface area contributed by atoms with Crippen LogP contribution in [0.2, 0.25) is 0 Å². The Morgan fingerprint density at radius 2 is 1.79 bits per heavy atom. The molecule has 2 heterocycles. The summed E-state index contributed by atoms with van der Waals surface area (Å²) in [7, 11) is 0. The Hall–Kier alpha value is -0.120. The van der Waals surface area contributed by atoms with Gasteiger partial charge in [0.1, 0.15) is 0 Å². The second kappa shape index (κ2) is 7.05. The lowest BCUT2D eigenvalue weighted by molar-refractivity contribution is -0.00536. The van der Waals surface area contributed by atoms with Crippen LogP contribution in [0.25, 0.3) is 0 Å². The van der Waals surface area contributed by atoms with E-state index < -0.39 is 0 Å². The van der Waals surface area contributed by atoms with Crippen LogP contribution in [0.3, 0.4) is 0 Å². The molecule has 0 aromatic heterocycles. The minimum Gasteiger partial charge on any atom is -0.380 e. The van der Waals surface area contributed by atoms with Gasteiger partial charge >= 0.3 is 0 Å². The minimum absolute atomic E-state index is 0.611. The third kappa shape index (κ3) is 3.50. The van der Waals surface area contributed by atoms with Gasteiger partial charge in [-0.25, -0.2) is 0 Å². The molecule has 0 aromatic carbocycles. The average Bonchev–Trinajstić information content (AvgIpc) is 2.62. The van der Waals surface area contributed by atoms with Gasteiger partial charge in [0.2, 0.25) is 0 Å². The highest BCUT2D eigenvalue weighted by molar-refractivity contribution is 5.00. The molecule has 0 radical (unpaired) electrons. The van der Waals surface area contributed by atoms with Gasteiger partial charge in [-0.2, -0.15) is 0 Å². The molecule has 3 unspecified atom stereocenters. The molecule has 3 heteroatoms. The Labute approximate surface area is 119 Å². The summed E-state index contributed by atoms with van der Waals surface area (Å²) in [5, 5.41) is 3.66. The van der Waals surface area contributed by atoms with Gasteiger partial charge in [-0.05, 0) is 45.1 Å². The summed E-state index contributed by atoms with van der Waals surface area (Å²) < 4.78 is 5.75. The van der Waals surface area contributed by atoms with Crippen LogP contribution in [0, 0.1) is 5.92 Å². The maximum atomic E-state index is 5.75. The van der Waals surface area contributed by atoms with E-state index >= 15 is 0 Å². The molecule has 2 fully saturated rings. The number of rotatable bonds is 7. The van der Waals surface area contributed by atoms with Gasteiger partial charge in [0, 0.05) is 30.8 Å². The number of nitrogens with zero attached hydrogens (tertiary/aromatic N) is 1. The highest BCUT2D eigenvalue weighted by Crippen LogP contribution is 2.38. The SMILES string of the molecule is CCNC1CC2CCC(C1)N2C(COCC)C(C)C. The van der Waals surface area contributed by atoms with Crippen molar-refractivity contribution in [3.63, 3.8) is 0 Å².